The van der Waals surface area contributed by atoms with Crippen LogP contribution >= 0.6 is 11.6 Å². The maximum atomic E-state index is 12.3. The quantitative estimate of drug-likeness (QED) is 0.517. The lowest BCUT2D eigenvalue weighted by Gasteiger charge is -2.17. The lowest BCUT2D eigenvalue weighted by atomic mass is 10.1. The van der Waals surface area contributed by atoms with Gasteiger partial charge in [0.05, 0.1) is 13.0 Å². The van der Waals surface area contributed by atoms with Crippen LogP contribution in [0.2, 0.25) is 5.02 Å². The molecule has 0 unspecified atom stereocenters. The Bertz CT molecular complexity index is 978. The molecule has 2 aromatic rings. The minimum absolute atomic E-state index is 0.0141. The average molecular weight is 446 g/mol. The summed E-state index contributed by atoms with van der Waals surface area (Å²) in [7, 11) is 1.54. The monoisotopic (exact) mass is 445 g/mol. The van der Waals surface area contributed by atoms with Gasteiger partial charge in [0, 0.05) is 29.2 Å². The van der Waals surface area contributed by atoms with E-state index in [4.69, 9.17) is 21.1 Å². The number of hydrazine groups is 1. The predicted octanol–water partition coefficient (Wildman–Crippen LogP) is 1.71. The van der Waals surface area contributed by atoms with E-state index in [-0.39, 0.29) is 18.9 Å². The van der Waals surface area contributed by atoms with Crippen LogP contribution in [-0.2, 0) is 19.1 Å². The molecule has 0 aromatic heterocycles. The maximum absolute atomic E-state index is 12.3. The number of esters is 1. The summed E-state index contributed by atoms with van der Waals surface area (Å²) in [5.74, 6) is -2.18. The minimum atomic E-state index is -0.716. The Balaban J connectivity index is 1.44. The van der Waals surface area contributed by atoms with E-state index in [1.807, 2.05) is 0 Å². The van der Waals surface area contributed by atoms with Gasteiger partial charge in [-0.15, -0.1) is 0 Å². The molecule has 1 aliphatic heterocycles. The Morgan fingerprint density at radius 2 is 1.74 bits per heavy atom. The molecule has 10 heteroatoms. The largest absolute Gasteiger partial charge is 0.497 e. The molecular weight excluding hydrogens is 426 g/mol. The van der Waals surface area contributed by atoms with Crippen molar-refractivity contribution in [1.82, 2.24) is 10.9 Å². The molecule has 0 radical (unpaired) electrons. The lowest BCUT2D eigenvalue weighted by molar-refractivity contribution is -0.152. The van der Waals surface area contributed by atoms with Crippen molar-refractivity contribution in [3.8, 4) is 5.75 Å². The first-order valence-corrected chi connectivity index (χ1v) is 9.71. The van der Waals surface area contributed by atoms with Crippen LogP contribution in [0.15, 0.2) is 48.5 Å². The molecule has 1 aliphatic rings. The fourth-order valence-corrected chi connectivity index (χ4v) is 3.09. The fourth-order valence-electron chi connectivity index (χ4n) is 2.97. The van der Waals surface area contributed by atoms with Crippen molar-refractivity contribution >= 4 is 41.0 Å². The zero-order chi connectivity index (χ0) is 22.4. The van der Waals surface area contributed by atoms with Gasteiger partial charge in [0.2, 0.25) is 5.91 Å². The Labute approximate surface area is 183 Å². The smallest absolute Gasteiger partial charge is 0.311 e. The second kappa shape index (κ2) is 9.94. The van der Waals surface area contributed by atoms with E-state index in [1.54, 1.807) is 31.4 Å². The van der Waals surface area contributed by atoms with Crippen molar-refractivity contribution in [2.24, 2.45) is 5.92 Å². The van der Waals surface area contributed by atoms with Crippen LogP contribution in [0.3, 0.4) is 0 Å². The van der Waals surface area contributed by atoms with E-state index in [0.717, 1.165) is 0 Å². The van der Waals surface area contributed by atoms with Crippen molar-refractivity contribution in [2.75, 3.05) is 25.2 Å². The van der Waals surface area contributed by atoms with Crippen molar-refractivity contribution in [3.05, 3.63) is 59.1 Å². The van der Waals surface area contributed by atoms with Gasteiger partial charge in [0.1, 0.15) is 5.75 Å². The van der Waals surface area contributed by atoms with Crippen LogP contribution in [0, 0.1) is 5.92 Å². The number of nitrogens with zero attached hydrogens (tertiary/aromatic N) is 1. The van der Waals surface area contributed by atoms with E-state index in [0.29, 0.717) is 22.0 Å². The van der Waals surface area contributed by atoms with Gasteiger partial charge in [0.25, 0.3) is 11.8 Å². The van der Waals surface area contributed by atoms with Crippen molar-refractivity contribution in [2.45, 2.75) is 6.42 Å². The highest BCUT2D eigenvalue weighted by Crippen LogP contribution is 2.27. The number of methoxy groups -OCH3 is 1. The second-order valence-corrected chi connectivity index (χ2v) is 7.16. The number of halogens is 1. The Hall–Kier alpha value is -3.59. The number of amides is 3. The molecule has 2 aromatic carbocycles. The molecular formula is C21H20ClN3O6. The lowest BCUT2D eigenvalue weighted by Crippen LogP contribution is -2.43. The molecule has 31 heavy (non-hydrogen) atoms. The van der Waals surface area contributed by atoms with Gasteiger partial charge in [0.15, 0.2) is 6.61 Å². The van der Waals surface area contributed by atoms with Gasteiger partial charge >= 0.3 is 5.97 Å². The molecule has 2 N–H and O–H groups in total. The highest BCUT2D eigenvalue weighted by molar-refractivity contribution is 6.30. The summed E-state index contributed by atoms with van der Waals surface area (Å²) in [6.07, 6.45) is -0.0141. The van der Waals surface area contributed by atoms with Gasteiger partial charge in [-0.1, -0.05) is 11.6 Å². The molecule has 0 spiro atoms. The van der Waals surface area contributed by atoms with E-state index in [9.17, 15) is 19.2 Å². The summed E-state index contributed by atoms with van der Waals surface area (Å²) >= 11 is 5.75. The van der Waals surface area contributed by atoms with Crippen molar-refractivity contribution in [1.29, 1.82) is 0 Å². The van der Waals surface area contributed by atoms with Gasteiger partial charge in [-0.05, 0) is 48.5 Å². The van der Waals surface area contributed by atoms with Crippen LogP contribution in [0.1, 0.15) is 16.8 Å². The molecule has 1 heterocycles. The molecule has 0 aliphatic carbocycles. The standard InChI is InChI=1S/C21H20ClN3O6/c1-30-17-8-6-16(7-9-17)25-11-14(10-19(25)27)21(29)31-12-18(26)23-24-20(28)13-2-4-15(22)5-3-13/h2-9,14H,10-12H2,1H3,(H,23,26)(H,24,28)/t14-/m1/s1. The number of ether oxygens (including phenoxy) is 2. The van der Waals surface area contributed by atoms with Gasteiger partial charge in [-0.2, -0.15) is 0 Å². The third-order valence-corrected chi connectivity index (χ3v) is 4.86. The van der Waals surface area contributed by atoms with Crippen molar-refractivity contribution < 1.29 is 28.7 Å². The first kappa shape index (κ1) is 22.1. The van der Waals surface area contributed by atoms with E-state index in [1.165, 1.54) is 29.2 Å². The third-order valence-electron chi connectivity index (χ3n) is 4.61. The normalized spacial score (nSPS) is 15.4. The number of nitrogens with one attached hydrogen (secondary N) is 2. The maximum Gasteiger partial charge on any atom is 0.311 e. The van der Waals surface area contributed by atoms with Crippen LogP contribution in [0.25, 0.3) is 0 Å². The van der Waals surface area contributed by atoms with Crippen LogP contribution in [0.4, 0.5) is 5.69 Å². The molecule has 162 valence electrons. The SMILES string of the molecule is COc1ccc(N2C[C@H](C(=O)OCC(=O)NNC(=O)c3ccc(Cl)cc3)CC2=O)cc1. The number of anilines is 1. The summed E-state index contributed by atoms with van der Waals surface area (Å²) in [6, 6.07) is 13.0. The van der Waals surface area contributed by atoms with E-state index in [2.05, 4.69) is 10.9 Å². The first-order chi connectivity index (χ1) is 14.9. The molecule has 0 saturated carbocycles. The molecule has 3 rings (SSSR count). The van der Waals surface area contributed by atoms with Gasteiger partial charge < -0.3 is 14.4 Å². The summed E-state index contributed by atoms with van der Waals surface area (Å²) in [5.41, 5.74) is 5.31. The molecule has 1 fully saturated rings. The Morgan fingerprint density at radius 3 is 2.39 bits per heavy atom. The van der Waals surface area contributed by atoms with E-state index < -0.39 is 30.3 Å². The molecule has 1 atom stereocenters. The van der Waals surface area contributed by atoms with Gasteiger partial charge in [-0.25, -0.2) is 0 Å². The Kier molecular flexibility index (Phi) is 7.09. The van der Waals surface area contributed by atoms with E-state index >= 15 is 0 Å². The van der Waals surface area contributed by atoms with Crippen LogP contribution < -0.4 is 20.5 Å². The zero-order valence-corrected chi connectivity index (χ0v) is 17.3. The molecule has 1 saturated heterocycles. The number of rotatable bonds is 6. The fraction of sp³-hybridized carbons (Fsp3) is 0.238. The summed E-state index contributed by atoms with van der Waals surface area (Å²) in [6.45, 7) is -0.439. The zero-order valence-electron chi connectivity index (χ0n) is 16.6. The second-order valence-electron chi connectivity index (χ2n) is 6.72. The summed E-state index contributed by atoms with van der Waals surface area (Å²) in [4.78, 5) is 49.8. The number of carbonyl (C=O) groups is 4. The first-order valence-electron chi connectivity index (χ1n) is 9.33. The number of hydrogen-bond acceptors (Lipinski definition) is 6. The molecule has 0 bridgehead atoms. The van der Waals surface area contributed by atoms with Crippen molar-refractivity contribution in [3.63, 3.8) is 0 Å². The van der Waals surface area contributed by atoms with Gasteiger partial charge in [-0.3, -0.25) is 30.0 Å². The topological polar surface area (TPSA) is 114 Å². The van der Waals surface area contributed by atoms with Crippen LogP contribution in [0.5, 0.6) is 5.75 Å². The van der Waals surface area contributed by atoms with Crippen LogP contribution in [-0.4, -0.2) is 44.0 Å². The minimum Gasteiger partial charge on any atom is -0.497 e. The summed E-state index contributed by atoms with van der Waals surface area (Å²) in [5, 5.41) is 0.475. The highest BCUT2D eigenvalue weighted by Gasteiger charge is 2.36. The summed E-state index contributed by atoms with van der Waals surface area (Å²) < 4.78 is 10.1. The molecule has 3 amide bonds. The number of hydrogen-bond donors (Lipinski definition) is 2. The highest BCUT2D eigenvalue weighted by atomic mass is 35.5. The number of carbonyl (C=O) groups excluding carboxylic acids is 4. The predicted molar refractivity (Wildman–Crippen MR) is 111 cm³/mol. The average Bonchev–Trinajstić information content (AvgIpc) is 3.18. The number of benzene rings is 2. The molecule has 9 nitrogen and oxygen atoms in total. The third kappa shape index (κ3) is 5.73. The Morgan fingerprint density at radius 1 is 1.06 bits per heavy atom.